The summed E-state index contributed by atoms with van der Waals surface area (Å²) in [4.78, 5) is 2.48. The standard InChI is InChI=1S/C46H28N2OS/c1-2-13-30(14-3-1)47-38-19-8-6-17-36(38)44-39(47)20-11-21-40(44)48(31-25-27-43-37(28-31)33-16-7-9-23-42(33)49-43)41-22-10-18-34-35-26-24-29-12-4-5-15-32(29)45(35)50-46(34)41/h1-28H. The SMILES string of the molecule is c1ccc(-n2c3ccccc3c3c(N(c4ccc5oc6ccccc6c5c4)c4cccc5c4sc4c6ccccc6ccc54)cccc32)cc1. The van der Waals surface area contributed by atoms with Crippen LogP contribution in [0.25, 0.3) is 80.4 Å². The van der Waals surface area contributed by atoms with Gasteiger partial charge >= 0.3 is 0 Å². The molecule has 0 fully saturated rings. The summed E-state index contributed by atoms with van der Waals surface area (Å²) in [5.41, 5.74) is 8.67. The Bertz CT molecular complexity index is 3110. The van der Waals surface area contributed by atoms with Crippen molar-refractivity contribution < 1.29 is 4.42 Å². The minimum Gasteiger partial charge on any atom is -0.456 e. The highest BCUT2D eigenvalue weighted by Gasteiger charge is 2.24. The number of benzene rings is 8. The third-order valence-electron chi connectivity index (χ3n) is 10.2. The lowest BCUT2D eigenvalue weighted by Crippen LogP contribution is -2.10. The number of aromatic nitrogens is 1. The Morgan fingerprint density at radius 1 is 0.440 bits per heavy atom. The van der Waals surface area contributed by atoms with Gasteiger partial charge in [0.05, 0.1) is 27.1 Å². The number of furan rings is 1. The summed E-state index contributed by atoms with van der Waals surface area (Å²) >= 11 is 1.89. The molecule has 4 heteroatoms. The number of anilines is 3. The summed E-state index contributed by atoms with van der Waals surface area (Å²) in [5.74, 6) is 0. The first-order chi connectivity index (χ1) is 24.8. The number of nitrogens with zero attached hydrogens (tertiary/aromatic N) is 2. The van der Waals surface area contributed by atoms with E-state index in [2.05, 4.69) is 167 Å². The third kappa shape index (κ3) is 3.91. The molecule has 0 aliphatic rings. The highest BCUT2D eigenvalue weighted by atomic mass is 32.1. The maximum absolute atomic E-state index is 6.31. The molecule has 0 N–H and O–H groups in total. The summed E-state index contributed by atoms with van der Waals surface area (Å²) in [5, 5.41) is 9.78. The fourth-order valence-electron chi connectivity index (χ4n) is 7.99. The molecule has 0 aliphatic heterocycles. The number of rotatable bonds is 4. The van der Waals surface area contributed by atoms with E-state index in [4.69, 9.17) is 4.42 Å². The first-order valence-corrected chi connectivity index (χ1v) is 17.8. The van der Waals surface area contributed by atoms with Crippen LogP contribution in [0.3, 0.4) is 0 Å². The molecule has 8 aromatic carbocycles. The first-order valence-electron chi connectivity index (χ1n) is 16.9. The van der Waals surface area contributed by atoms with E-state index in [1.807, 2.05) is 23.5 Å². The van der Waals surface area contributed by atoms with Gasteiger partial charge in [-0.3, -0.25) is 0 Å². The largest absolute Gasteiger partial charge is 0.456 e. The van der Waals surface area contributed by atoms with Crippen molar-refractivity contribution in [2.45, 2.75) is 0 Å². The second-order valence-corrected chi connectivity index (χ2v) is 13.9. The van der Waals surface area contributed by atoms with E-state index in [1.54, 1.807) is 0 Å². The molecule has 0 radical (unpaired) electrons. The molecule has 11 aromatic rings. The van der Waals surface area contributed by atoms with Crippen LogP contribution in [-0.2, 0) is 0 Å². The van der Waals surface area contributed by atoms with Gasteiger partial charge in [-0.05, 0) is 71.4 Å². The van der Waals surface area contributed by atoms with E-state index in [9.17, 15) is 0 Å². The van der Waals surface area contributed by atoms with Crippen molar-refractivity contribution in [1.29, 1.82) is 0 Å². The summed E-state index contributed by atoms with van der Waals surface area (Å²) in [6.45, 7) is 0. The van der Waals surface area contributed by atoms with Gasteiger partial charge in [-0.1, -0.05) is 109 Å². The maximum Gasteiger partial charge on any atom is 0.135 e. The zero-order valence-corrected chi connectivity index (χ0v) is 27.7. The number of fused-ring (bicyclic) bond motifs is 11. The molecule has 3 aromatic heterocycles. The maximum atomic E-state index is 6.31. The molecule has 234 valence electrons. The van der Waals surface area contributed by atoms with Gasteiger partial charge in [0.1, 0.15) is 11.2 Å². The molecule has 50 heavy (non-hydrogen) atoms. The summed E-state index contributed by atoms with van der Waals surface area (Å²) in [7, 11) is 0. The average molecular weight is 657 g/mol. The molecule has 0 spiro atoms. The summed E-state index contributed by atoms with van der Waals surface area (Å²) < 4.78 is 11.3. The molecule has 0 saturated carbocycles. The van der Waals surface area contributed by atoms with Crippen molar-refractivity contribution in [2.24, 2.45) is 0 Å². The molecular formula is C46H28N2OS. The lowest BCUT2D eigenvalue weighted by atomic mass is 10.0. The van der Waals surface area contributed by atoms with E-state index in [1.165, 1.54) is 52.8 Å². The summed E-state index contributed by atoms with van der Waals surface area (Å²) in [6, 6.07) is 61.2. The fraction of sp³-hybridized carbons (Fsp3) is 0. The van der Waals surface area contributed by atoms with Crippen LogP contribution in [0.4, 0.5) is 17.1 Å². The van der Waals surface area contributed by atoms with Crippen LogP contribution in [0.15, 0.2) is 174 Å². The number of hydrogen-bond donors (Lipinski definition) is 0. The Morgan fingerprint density at radius 2 is 1.12 bits per heavy atom. The van der Waals surface area contributed by atoms with E-state index in [-0.39, 0.29) is 0 Å². The van der Waals surface area contributed by atoms with Crippen molar-refractivity contribution in [3.8, 4) is 5.69 Å². The molecule has 3 heterocycles. The second-order valence-electron chi connectivity index (χ2n) is 12.9. The number of thiophene rings is 1. The van der Waals surface area contributed by atoms with Crippen molar-refractivity contribution in [1.82, 2.24) is 4.57 Å². The van der Waals surface area contributed by atoms with Crippen molar-refractivity contribution in [3.05, 3.63) is 170 Å². The van der Waals surface area contributed by atoms with Crippen LogP contribution in [0, 0.1) is 0 Å². The van der Waals surface area contributed by atoms with Crippen molar-refractivity contribution >= 4 is 103 Å². The molecule has 0 bridgehead atoms. The molecule has 0 amide bonds. The Kier molecular flexibility index (Phi) is 5.83. The van der Waals surface area contributed by atoms with Gasteiger partial charge in [0.25, 0.3) is 0 Å². The van der Waals surface area contributed by atoms with Crippen LogP contribution in [-0.4, -0.2) is 4.57 Å². The normalized spacial score (nSPS) is 12.0. The predicted molar refractivity (Wildman–Crippen MR) is 213 cm³/mol. The highest BCUT2D eigenvalue weighted by Crippen LogP contribution is 2.49. The van der Waals surface area contributed by atoms with Gasteiger partial charge in [-0.2, -0.15) is 0 Å². The minimum atomic E-state index is 0.889. The van der Waals surface area contributed by atoms with E-state index >= 15 is 0 Å². The molecule has 0 atom stereocenters. The number of hydrogen-bond acceptors (Lipinski definition) is 3. The van der Waals surface area contributed by atoms with Gasteiger partial charge in [-0.15, -0.1) is 11.3 Å². The second kappa shape index (κ2) is 10.6. The Labute approximate surface area is 291 Å². The highest BCUT2D eigenvalue weighted by molar-refractivity contribution is 7.27. The van der Waals surface area contributed by atoms with Crippen LogP contribution < -0.4 is 4.90 Å². The predicted octanol–water partition coefficient (Wildman–Crippen LogP) is 13.7. The van der Waals surface area contributed by atoms with Crippen molar-refractivity contribution in [2.75, 3.05) is 4.90 Å². The Balaban J connectivity index is 1.27. The van der Waals surface area contributed by atoms with Crippen molar-refractivity contribution in [3.63, 3.8) is 0 Å². The van der Waals surface area contributed by atoms with E-state index < -0.39 is 0 Å². The number of para-hydroxylation sites is 3. The van der Waals surface area contributed by atoms with Gasteiger partial charge in [0.2, 0.25) is 0 Å². The topological polar surface area (TPSA) is 21.3 Å². The van der Waals surface area contributed by atoms with E-state index in [0.29, 0.717) is 0 Å². The average Bonchev–Trinajstić information content (AvgIpc) is 3.86. The van der Waals surface area contributed by atoms with Gasteiger partial charge in [0.15, 0.2) is 0 Å². The molecule has 0 aliphatic carbocycles. The first kappa shape index (κ1) is 27.6. The Morgan fingerprint density at radius 3 is 2.04 bits per heavy atom. The fourth-order valence-corrected chi connectivity index (χ4v) is 9.33. The molecular weight excluding hydrogens is 629 g/mol. The lowest BCUT2D eigenvalue weighted by molar-refractivity contribution is 0.669. The van der Waals surface area contributed by atoms with Crippen LogP contribution >= 0.6 is 11.3 Å². The Hall–Kier alpha value is -6.36. The zero-order chi connectivity index (χ0) is 32.8. The van der Waals surface area contributed by atoms with Gasteiger partial charge < -0.3 is 13.9 Å². The van der Waals surface area contributed by atoms with Gasteiger partial charge in [0, 0.05) is 48.4 Å². The smallest absolute Gasteiger partial charge is 0.135 e. The zero-order valence-electron chi connectivity index (χ0n) is 26.9. The molecule has 0 saturated heterocycles. The molecule has 3 nitrogen and oxygen atoms in total. The molecule has 0 unspecified atom stereocenters. The van der Waals surface area contributed by atoms with Crippen LogP contribution in [0.1, 0.15) is 0 Å². The third-order valence-corrected chi connectivity index (χ3v) is 11.4. The summed E-state index contributed by atoms with van der Waals surface area (Å²) in [6.07, 6.45) is 0. The van der Waals surface area contributed by atoms with Gasteiger partial charge in [-0.25, -0.2) is 0 Å². The van der Waals surface area contributed by atoms with E-state index in [0.717, 1.165) is 44.7 Å². The monoisotopic (exact) mass is 656 g/mol. The quantitative estimate of drug-likeness (QED) is 0.188. The van der Waals surface area contributed by atoms with Crippen LogP contribution in [0.2, 0.25) is 0 Å². The minimum absolute atomic E-state index is 0.889. The van der Waals surface area contributed by atoms with Crippen LogP contribution in [0.5, 0.6) is 0 Å². The molecule has 11 rings (SSSR count). The lowest BCUT2D eigenvalue weighted by Gasteiger charge is -2.27.